The first-order valence-corrected chi connectivity index (χ1v) is 11.0. The van der Waals surface area contributed by atoms with Crippen molar-refractivity contribution < 1.29 is 4.39 Å². The summed E-state index contributed by atoms with van der Waals surface area (Å²) in [4.78, 5) is 12.4. The Labute approximate surface area is 210 Å². The number of benzene rings is 2. The van der Waals surface area contributed by atoms with Crippen molar-refractivity contribution in [2.75, 3.05) is 19.6 Å². The molecular formula is C25H30FIN6. The number of rotatable bonds is 9. The lowest BCUT2D eigenvalue weighted by Crippen LogP contribution is -2.38. The molecule has 8 heteroatoms. The molecule has 4 aromatic rings. The Bertz CT molecular complexity index is 1170. The minimum absolute atomic E-state index is 0. The molecule has 0 aliphatic heterocycles. The SMILES string of the molecule is CCNC(=NCCc1nccn1Cc1ccccc1)NCCc1c[nH]c2cc(F)ccc12.I. The van der Waals surface area contributed by atoms with Crippen LogP contribution in [0.4, 0.5) is 4.39 Å². The molecule has 0 spiro atoms. The standard InChI is InChI=1S/C25H29FN6.HI/c1-2-27-25(29-12-10-20-17-31-23-16-21(26)8-9-22(20)23)30-13-11-24-28-14-15-32(24)18-19-6-4-3-5-7-19;/h3-9,14-17,31H,2,10-13,18H2,1H3,(H2,27,29,30);1H. The molecule has 0 amide bonds. The first-order valence-electron chi connectivity index (χ1n) is 11.0. The first kappa shape index (κ1) is 24.8. The number of aromatic nitrogens is 3. The molecular weight excluding hydrogens is 530 g/mol. The molecule has 2 aromatic heterocycles. The number of nitrogens with zero attached hydrogens (tertiary/aromatic N) is 3. The van der Waals surface area contributed by atoms with Gasteiger partial charge in [-0.15, -0.1) is 24.0 Å². The Balaban J connectivity index is 0.00000306. The average Bonchev–Trinajstić information content (AvgIpc) is 3.41. The molecule has 33 heavy (non-hydrogen) atoms. The lowest BCUT2D eigenvalue weighted by atomic mass is 10.1. The molecule has 0 unspecified atom stereocenters. The number of guanidine groups is 1. The molecule has 2 aromatic carbocycles. The predicted octanol–water partition coefficient (Wildman–Crippen LogP) is 4.51. The summed E-state index contributed by atoms with van der Waals surface area (Å²) in [5.41, 5.74) is 3.24. The number of imidazole rings is 1. The van der Waals surface area contributed by atoms with Crippen LogP contribution in [0.2, 0.25) is 0 Å². The molecule has 0 bridgehead atoms. The molecule has 0 saturated carbocycles. The lowest BCUT2D eigenvalue weighted by molar-refractivity contribution is 0.629. The van der Waals surface area contributed by atoms with Crippen molar-refractivity contribution in [3.05, 3.63) is 89.9 Å². The summed E-state index contributed by atoms with van der Waals surface area (Å²) in [7, 11) is 0. The highest BCUT2D eigenvalue weighted by molar-refractivity contribution is 14.0. The van der Waals surface area contributed by atoms with Crippen LogP contribution in [-0.4, -0.2) is 40.1 Å². The van der Waals surface area contributed by atoms with Crippen molar-refractivity contribution in [2.45, 2.75) is 26.3 Å². The summed E-state index contributed by atoms with van der Waals surface area (Å²) in [6.07, 6.45) is 7.39. The quantitative estimate of drug-likeness (QED) is 0.160. The molecule has 0 atom stereocenters. The second-order valence-corrected chi connectivity index (χ2v) is 7.65. The summed E-state index contributed by atoms with van der Waals surface area (Å²) in [6.45, 7) is 5.04. The fourth-order valence-electron chi connectivity index (χ4n) is 3.78. The highest BCUT2D eigenvalue weighted by atomic mass is 127. The molecule has 0 radical (unpaired) electrons. The summed E-state index contributed by atoms with van der Waals surface area (Å²) in [5, 5.41) is 7.75. The van der Waals surface area contributed by atoms with Crippen molar-refractivity contribution in [2.24, 2.45) is 4.99 Å². The topological polar surface area (TPSA) is 70.0 Å². The number of fused-ring (bicyclic) bond motifs is 1. The van der Waals surface area contributed by atoms with Crippen molar-refractivity contribution in [3.63, 3.8) is 0 Å². The van der Waals surface area contributed by atoms with Crippen LogP contribution in [0.25, 0.3) is 10.9 Å². The highest BCUT2D eigenvalue weighted by Gasteiger charge is 2.06. The zero-order chi connectivity index (χ0) is 22.2. The predicted molar refractivity (Wildman–Crippen MR) is 143 cm³/mol. The lowest BCUT2D eigenvalue weighted by Gasteiger charge is -2.11. The van der Waals surface area contributed by atoms with E-state index in [0.717, 1.165) is 60.7 Å². The van der Waals surface area contributed by atoms with Gasteiger partial charge in [-0.1, -0.05) is 30.3 Å². The monoisotopic (exact) mass is 560 g/mol. The molecule has 4 rings (SSSR count). The van der Waals surface area contributed by atoms with Crippen LogP contribution in [0.3, 0.4) is 0 Å². The molecule has 174 valence electrons. The number of hydrogen-bond acceptors (Lipinski definition) is 2. The van der Waals surface area contributed by atoms with Crippen LogP contribution in [0.15, 0.2) is 72.1 Å². The molecule has 3 N–H and O–H groups in total. The molecule has 0 saturated heterocycles. The largest absolute Gasteiger partial charge is 0.361 e. The van der Waals surface area contributed by atoms with Gasteiger partial charge in [0.15, 0.2) is 5.96 Å². The molecule has 0 aliphatic carbocycles. The maximum Gasteiger partial charge on any atom is 0.191 e. The fourth-order valence-corrected chi connectivity index (χ4v) is 3.78. The Morgan fingerprint density at radius 1 is 1.12 bits per heavy atom. The summed E-state index contributed by atoms with van der Waals surface area (Å²) in [5.74, 6) is 1.59. The van der Waals surface area contributed by atoms with Crippen molar-refractivity contribution in [1.82, 2.24) is 25.2 Å². The van der Waals surface area contributed by atoms with E-state index in [4.69, 9.17) is 4.99 Å². The van der Waals surface area contributed by atoms with E-state index in [1.165, 1.54) is 17.7 Å². The number of halogens is 2. The summed E-state index contributed by atoms with van der Waals surface area (Å²) < 4.78 is 15.6. The molecule has 2 heterocycles. The summed E-state index contributed by atoms with van der Waals surface area (Å²) >= 11 is 0. The van der Waals surface area contributed by atoms with E-state index >= 15 is 0 Å². The third-order valence-corrected chi connectivity index (χ3v) is 5.36. The van der Waals surface area contributed by atoms with Crippen LogP contribution in [0.5, 0.6) is 0 Å². The Morgan fingerprint density at radius 2 is 1.97 bits per heavy atom. The van der Waals surface area contributed by atoms with Crippen LogP contribution in [0, 0.1) is 5.82 Å². The van der Waals surface area contributed by atoms with Gasteiger partial charge < -0.3 is 20.2 Å². The van der Waals surface area contributed by atoms with Crippen LogP contribution >= 0.6 is 24.0 Å². The van der Waals surface area contributed by atoms with E-state index in [2.05, 4.69) is 56.4 Å². The van der Waals surface area contributed by atoms with Gasteiger partial charge in [-0.05, 0) is 42.7 Å². The van der Waals surface area contributed by atoms with E-state index in [-0.39, 0.29) is 29.8 Å². The van der Waals surface area contributed by atoms with Crippen molar-refractivity contribution in [1.29, 1.82) is 0 Å². The minimum atomic E-state index is -0.227. The van der Waals surface area contributed by atoms with Gasteiger partial charge in [0.25, 0.3) is 0 Å². The zero-order valence-electron chi connectivity index (χ0n) is 18.7. The van der Waals surface area contributed by atoms with Crippen molar-refractivity contribution in [3.8, 4) is 0 Å². The van der Waals surface area contributed by atoms with Crippen LogP contribution in [0.1, 0.15) is 23.9 Å². The van der Waals surface area contributed by atoms with Crippen LogP contribution in [-0.2, 0) is 19.4 Å². The van der Waals surface area contributed by atoms with E-state index in [9.17, 15) is 4.39 Å². The van der Waals surface area contributed by atoms with Gasteiger partial charge in [0.2, 0.25) is 0 Å². The summed E-state index contributed by atoms with van der Waals surface area (Å²) in [6, 6.07) is 15.2. The van der Waals surface area contributed by atoms with Gasteiger partial charge in [-0.2, -0.15) is 0 Å². The average molecular weight is 560 g/mol. The van der Waals surface area contributed by atoms with Gasteiger partial charge in [-0.25, -0.2) is 9.37 Å². The van der Waals surface area contributed by atoms with E-state index in [1.807, 2.05) is 30.7 Å². The first-order chi connectivity index (χ1) is 15.7. The number of aliphatic imine (C=N–C) groups is 1. The van der Waals surface area contributed by atoms with Gasteiger partial charge in [0.05, 0.1) is 0 Å². The van der Waals surface area contributed by atoms with E-state index < -0.39 is 0 Å². The third-order valence-electron chi connectivity index (χ3n) is 5.36. The van der Waals surface area contributed by atoms with Gasteiger partial charge >= 0.3 is 0 Å². The fraction of sp³-hybridized carbons (Fsp3) is 0.280. The molecule has 0 aliphatic rings. The second-order valence-electron chi connectivity index (χ2n) is 7.65. The number of aromatic amines is 1. The van der Waals surface area contributed by atoms with Gasteiger partial charge in [0, 0.05) is 62.1 Å². The second kappa shape index (κ2) is 12.4. The Kier molecular flexibility index (Phi) is 9.29. The van der Waals surface area contributed by atoms with Crippen molar-refractivity contribution >= 4 is 40.8 Å². The highest BCUT2D eigenvalue weighted by Crippen LogP contribution is 2.19. The molecule has 6 nitrogen and oxygen atoms in total. The smallest absolute Gasteiger partial charge is 0.191 e. The Hall–Kier alpha value is -2.88. The van der Waals surface area contributed by atoms with E-state index in [0.29, 0.717) is 6.54 Å². The number of hydrogen-bond donors (Lipinski definition) is 3. The van der Waals surface area contributed by atoms with E-state index in [1.54, 1.807) is 0 Å². The maximum atomic E-state index is 13.4. The third kappa shape index (κ3) is 6.80. The van der Waals surface area contributed by atoms with Crippen LogP contribution < -0.4 is 10.6 Å². The maximum absolute atomic E-state index is 13.4. The van der Waals surface area contributed by atoms with Gasteiger partial charge in [-0.3, -0.25) is 4.99 Å². The zero-order valence-corrected chi connectivity index (χ0v) is 21.1. The number of nitrogens with one attached hydrogen (secondary N) is 3. The normalized spacial score (nSPS) is 11.4. The Morgan fingerprint density at radius 3 is 2.79 bits per heavy atom. The number of H-pyrrole nitrogens is 1. The van der Waals surface area contributed by atoms with Gasteiger partial charge in [0.1, 0.15) is 11.6 Å². The minimum Gasteiger partial charge on any atom is -0.361 e. The molecule has 0 fully saturated rings.